The van der Waals surface area contributed by atoms with Crippen molar-refractivity contribution in [2.24, 2.45) is 0 Å². The number of hydrogen-bond acceptors (Lipinski definition) is 0. The van der Waals surface area contributed by atoms with E-state index in [0.29, 0.717) is 5.57 Å². The van der Waals surface area contributed by atoms with Crippen LogP contribution < -0.4 is 5.32 Å². The average Bonchev–Trinajstić information content (AvgIpc) is 2.55. The summed E-state index contributed by atoms with van der Waals surface area (Å²) in [5.41, 5.74) is 1.29. The molecule has 2 N–H and O–H groups in total. The van der Waals surface area contributed by atoms with Crippen molar-refractivity contribution in [1.82, 2.24) is 0 Å². The first-order valence-corrected chi connectivity index (χ1v) is 7.00. The summed E-state index contributed by atoms with van der Waals surface area (Å²) >= 11 is 0. The molecule has 112 valence electrons. The van der Waals surface area contributed by atoms with Gasteiger partial charge in [0, 0.05) is 5.56 Å². The zero-order valence-electron chi connectivity index (χ0n) is 11.7. The second kappa shape index (κ2) is 5.81. The number of benzene rings is 2. The summed E-state index contributed by atoms with van der Waals surface area (Å²) in [6.07, 6.45) is 1.07. The number of allylic oxidation sites excluding steroid dienone is 2. The van der Waals surface area contributed by atoms with Crippen LogP contribution in [-0.2, 0) is 6.18 Å². The molecule has 22 heavy (non-hydrogen) atoms. The minimum absolute atomic E-state index is 0.0116. The summed E-state index contributed by atoms with van der Waals surface area (Å²) in [6, 6.07) is 15.4. The van der Waals surface area contributed by atoms with Crippen LogP contribution in [0.5, 0.6) is 0 Å². The minimum atomic E-state index is -4.35. The second-order valence-corrected chi connectivity index (χ2v) is 5.15. The van der Waals surface area contributed by atoms with E-state index in [0.717, 1.165) is 11.6 Å². The van der Waals surface area contributed by atoms with Crippen molar-refractivity contribution in [2.75, 3.05) is 0 Å². The summed E-state index contributed by atoms with van der Waals surface area (Å²) in [4.78, 5) is 0. The van der Waals surface area contributed by atoms with Crippen molar-refractivity contribution < 1.29 is 18.5 Å². The van der Waals surface area contributed by atoms with Gasteiger partial charge >= 0.3 is 6.18 Å². The van der Waals surface area contributed by atoms with E-state index in [1.165, 1.54) is 12.1 Å². The Morgan fingerprint density at radius 1 is 0.864 bits per heavy atom. The topological polar surface area (TPSA) is 16.6 Å². The molecule has 2 aromatic rings. The van der Waals surface area contributed by atoms with Gasteiger partial charge in [-0.3, -0.25) is 0 Å². The van der Waals surface area contributed by atoms with Crippen LogP contribution in [-0.4, -0.2) is 0 Å². The molecule has 0 bridgehead atoms. The van der Waals surface area contributed by atoms with Crippen LogP contribution in [0, 0.1) is 0 Å². The van der Waals surface area contributed by atoms with Crippen molar-refractivity contribution in [3.63, 3.8) is 0 Å². The van der Waals surface area contributed by atoms with Gasteiger partial charge < -0.3 is 5.32 Å². The Morgan fingerprint density at radius 2 is 1.55 bits per heavy atom. The van der Waals surface area contributed by atoms with Gasteiger partial charge in [-0.1, -0.05) is 48.5 Å². The predicted molar refractivity (Wildman–Crippen MR) is 79.7 cm³/mol. The van der Waals surface area contributed by atoms with Crippen LogP contribution in [0.4, 0.5) is 13.2 Å². The molecule has 0 aliphatic carbocycles. The normalized spacial score (nSPS) is 18.1. The van der Waals surface area contributed by atoms with Gasteiger partial charge in [0.25, 0.3) is 0 Å². The standard InChI is InChI=1S/C18H14F3N/c19-18(20,21)16-9-5-4-8-15(16)14-10-11-22-17(12-14)13-6-2-1-3-7-13/h1-12,17,22H/p+1. The fourth-order valence-corrected chi connectivity index (χ4v) is 2.63. The molecule has 1 nitrogen and oxygen atoms in total. The molecule has 1 aliphatic heterocycles. The van der Waals surface area contributed by atoms with Crippen LogP contribution in [0.1, 0.15) is 22.7 Å². The Kier molecular flexibility index (Phi) is 3.86. The van der Waals surface area contributed by atoms with Crippen LogP contribution in [0.15, 0.2) is 72.9 Å². The molecule has 1 unspecified atom stereocenters. The lowest BCUT2D eigenvalue weighted by Gasteiger charge is -2.18. The van der Waals surface area contributed by atoms with Crippen LogP contribution in [0.3, 0.4) is 0 Å². The van der Waals surface area contributed by atoms with Crippen molar-refractivity contribution in [3.05, 3.63) is 89.6 Å². The summed E-state index contributed by atoms with van der Waals surface area (Å²) in [7, 11) is 0. The van der Waals surface area contributed by atoms with Crippen LogP contribution in [0.25, 0.3) is 5.57 Å². The molecule has 1 heterocycles. The third-order valence-corrected chi connectivity index (χ3v) is 3.68. The van der Waals surface area contributed by atoms with E-state index in [4.69, 9.17) is 0 Å². The molecular formula is C18H15F3N+. The first kappa shape index (κ1) is 14.6. The van der Waals surface area contributed by atoms with Gasteiger partial charge in [-0.25, -0.2) is 0 Å². The molecule has 3 rings (SSSR count). The fraction of sp³-hybridized carbons (Fsp3) is 0.111. The molecule has 1 aliphatic rings. The summed E-state index contributed by atoms with van der Waals surface area (Å²) in [5.74, 6) is 0. The molecule has 0 spiro atoms. The molecule has 0 aromatic heterocycles. The molecule has 2 aromatic carbocycles. The van der Waals surface area contributed by atoms with Gasteiger partial charge in [0.1, 0.15) is 6.04 Å². The third-order valence-electron chi connectivity index (χ3n) is 3.68. The van der Waals surface area contributed by atoms with E-state index in [1.807, 2.05) is 47.9 Å². The maximum atomic E-state index is 13.2. The van der Waals surface area contributed by atoms with Crippen molar-refractivity contribution in [1.29, 1.82) is 0 Å². The molecule has 0 saturated heterocycles. The Balaban J connectivity index is 2.02. The van der Waals surface area contributed by atoms with Crippen LogP contribution in [0.2, 0.25) is 0 Å². The monoisotopic (exact) mass is 302 g/mol. The lowest BCUT2D eigenvalue weighted by molar-refractivity contribution is -0.622. The number of halogens is 3. The molecule has 4 heteroatoms. The summed E-state index contributed by atoms with van der Waals surface area (Å²) in [5, 5.41) is 1.98. The van der Waals surface area contributed by atoms with Gasteiger partial charge in [0.15, 0.2) is 0 Å². The first-order chi connectivity index (χ1) is 10.6. The van der Waals surface area contributed by atoms with Crippen LogP contribution >= 0.6 is 0 Å². The zero-order chi connectivity index (χ0) is 15.6. The van der Waals surface area contributed by atoms with Crippen molar-refractivity contribution in [2.45, 2.75) is 12.2 Å². The van der Waals surface area contributed by atoms with E-state index < -0.39 is 11.7 Å². The minimum Gasteiger partial charge on any atom is -0.311 e. The highest BCUT2D eigenvalue weighted by atomic mass is 19.4. The van der Waals surface area contributed by atoms with Gasteiger partial charge in [0.2, 0.25) is 0 Å². The highest BCUT2D eigenvalue weighted by molar-refractivity contribution is 5.77. The number of alkyl halides is 3. The van der Waals surface area contributed by atoms with Gasteiger partial charge in [-0.2, -0.15) is 13.2 Å². The Labute approximate surface area is 126 Å². The highest BCUT2D eigenvalue weighted by Crippen LogP contribution is 2.36. The number of quaternary nitrogens is 1. The van der Waals surface area contributed by atoms with E-state index >= 15 is 0 Å². The first-order valence-electron chi connectivity index (χ1n) is 7.00. The smallest absolute Gasteiger partial charge is 0.311 e. The molecule has 0 amide bonds. The maximum Gasteiger partial charge on any atom is 0.417 e. The fourth-order valence-electron chi connectivity index (χ4n) is 2.63. The summed E-state index contributed by atoms with van der Waals surface area (Å²) in [6.45, 7) is 0. The van der Waals surface area contributed by atoms with Crippen molar-refractivity contribution >= 4 is 5.57 Å². The SMILES string of the molecule is FC(F)(F)c1ccccc1C1=CC(c2ccccc2)[NH2+]C=C1. The van der Waals surface area contributed by atoms with E-state index in [2.05, 4.69) is 0 Å². The van der Waals surface area contributed by atoms with Gasteiger partial charge in [0.05, 0.1) is 11.8 Å². The Morgan fingerprint density at radius 3 is 2.27 bits per heavy atom. The molecule has 0 fully saturated rings. The van der Waals surface area contributed by atoms with Crippen molar-refractivity contribution in [3.8, 4) is 0 Å². The molecule has 0 saturated carbocycles. The third kappa shape index (κ3) is 2.97. The quantitative estimate of drug-likeness (QED) is 0.866. The predicted octanol–water partition coefficient (Wildman–Crippen LogP) is 3.92. The highest BCUT2D eigenvalue weighted by Gasteiger charge is 2.34. The largest absolute Gasteiger partial charge is 0.417 e. The van der Waals surface area contributed by atoms with E-state index in [-0.39, 0.29) is 11.6 Å². The lowest BCUT2D eigenvalue weighted by Crippen LogP contribution is -2.79. The zero-order valence-corrected chi connectivity index (χ0v) is 11.7. The van der Waals surface area contributed by atoms with Gasteiger partial charge in [-0.15, -0.1) is 0 Å². The summed E-state index contributed by atoms with van der Waals surface area (Å²) < 4.78 is 39.5. The number of rotatable bonds is 2. The Bertz CT molecular complexity index is 715. The molecular weight excluding hydrogens is 287 g/mol. The van der Waals surface area contributed by atoms with Gasteiger partial charge in [-0.05, 0) is 29.4 Å². The number of nitrogens with two attached hydrogens (primary N) is 1. The maximum absolute atomic E-state index is 13.2. The molecule has 1 atom stereocenters. The Hall–Kier alpha value is -2.33. The second-order valence-electron chi connectivity index (χ2n) is 5.15. The van der Waals surface area contributed by atoms with E-state index in [9.17, 15) is 13.2 Å². The lowest BCUT2D eigenvalue weighted by atomic mass is 9.94. The van der Waals surface area contributed by atoms with E-state index in [1.54, 1.807) is 12.1 Å². The molecule has 0 radical (unpaired) electrons. The number of hydrogen-bond donors (Lipinski definition) is 1. The average molecular weight is 302 g/mol.